The van der Waals surface area contributed by atoms with E-state index in [1.807, 2.05) is 6.92 Å². The Morgan fingerprint density at radius 1 is 0.927 bits per heavy atom. The van der Waals surface area contributed by atoms with Crippen LogP contribution in [0.2, 0.25) is 5.02 Å². The number of nitrogens with one attached hydrogen (secondary N) is 1. The van der Waals surface area contributed by atoms with Gasteiger partial charge in [-0.25, -0.2) is 8.42 Å². The zero-order chi connectivity index (χ0) is 30.2. The van der Waals surface area contributed by atoms with E-state index in [2.05, 4.69) is 5.32 Å². The highest BCUT2D eigenvalue weighted by atomic mass is 35.5. The van der Waals surface area contributed by atoms with E-state index in [9.17, 15) is 18.0 Å². The largest absolute Gasteiger partial charge is 0.493 e. The molecule has 2 amide bonds. The fourth-order valence-corrected chi connectivity index (χ4v) is 5.88. The van der Waals surface area contributed by atoms with Crippen molar-refractivity contribution in [3.8, 4) is 11.5 Å². The summed E-state index contributed by atoms with van der Waals surface area (Å²) in [4.78, 5) is 28.5. The standard InChI is InChI=1S/C30H36ClN3O6S/c1-6-26(30(36)32-7-2)33(19-22-10-12-23(31)13-11-22)29(35)20-34(24-14-17-27(39-4)28(18-24)40-5)41(37,38)25-15-8-21(3)9-16-25/h8-18,26H,6-7,19-20H2,1-5H3,(H,32,36)/t26-/m0/s1. The first-order chi connectivity index (χ1) is 19.5. The van der Waals surface area contributed by atoms with Crippen LogP contribution in [0.3, 0.4) is 0 Å². The Morgan fingerprint density at radius 3 is 2.12 bits per heavy atom. The lowest BCUT2D eigenvalue weighted by Crippen LogP contribution is -2.52. The number of nitrogens with zero attached hydrogens (tertiary/aromatic N) is 2. The second kappa shape index (κ2) is 14.2. The van der Waals surface area contributed by atoms with Crippen LogP contribution in [0, 0.1) is 6.92 Å². The lowest BCUT2D eigenvalue weighted by atomic mass is 10.1. The number of carbonyl (C=O) groups is 2. The molecule has 0 unspecified atom stereocenters. The number of hydrogen-bond donors (Lipinski definition) is 1. The Bertz CT molecular complexity index is 1450. The number of carbonyl (C=O) groups excluding carboxylic acids is 2. The minimum Gasteiger partial charge on any atom is -0.493 e. The van der Waals surface area contributed by atoms with Crippen LogP contribution in [0.15, 0.2) is 71.6 Å². The number of halogens is 1. The molecule has 1 atom stereocenters. The average Bonchev–Trinajstić information content (AvgIpc) is 2.96. The number of benzene rings is 3. The molecule has 1 N–H and O–H groups in total. The number of likely N-dealkylation sites (N-methyl/N-ethyl adjacent to an activating group) is 1. The van der Waals surface area contributed by atoms with Crippen LogP contribution in [0.1, 0.15) is 31.4 Å². The number of methoxy groups -OCH3 is 2. The predicted molar refractivity (Wildman–Crippen MR) is 160 cm³/mol. The highest BCUT2D eigenvalue weighted by Gasteiger charge is 2.34. The van der Waals surface area contributed by atoms with Gasteiger partial charge < -0.3 is 19.7 Å². The SMILES string of the molecule is CCNC(=O)[C@H](CC)N(Cc1ccc(Cl)cc1)C(=O)CN(c1ccc(OC)c(OC)c1)S(=O)(=O)c1ccc(C)cc1. The molecule has 0 aromatic heterocycles. The maximum absolute atomic E-state index is 14.1. The summed E-state index contributed by atoms with van der Waals surface area (Å²) in [5.41, 5.74) is 1.83. The van der Waals surface area contributed by atoms with E-state index < -0.39 is 28.5 Å². The van der Waals surface area contributed by atoms with Gasteiger partial charge in [-0.15, -0.1) is 0 Å². The van der Waals surface area contributed by atoms with Gasteiger partial charge >= 0.3 is 0 Å². The van der Waals surface area contributed by atoms with Gasteiger partial charge in [0.25, 0.3) is 10.0 Å². The third-order valence-electron chi connectivity index (χ3n) is 6.55. The number of sulfonamides is 1. The first kappa shape index (κ1) is 31.8. The molecule has 9 nitrogen and oxygen atoms in total. The number of aryl methyl sites for hydroxylation is 1. The molecule has 220 valence electrons. The Balaban J connectivity index is 2.11. The summed E-state index contributed by atoms with van der Waals surface area (Å²) in [6.45, 7) is 5.36. The van der Waals surface area contributed by atoms with E-state index in [1.54, 1.807) is 62.4 Å². The van der Waals surface area contributed by atoms with Crippen LogP contribution in [0.25, 0.3) is 0 Å². The molecule has 11 heteroatoms. The average molecular weight is 602 g/mol. The Labute approximate surface area is 247 Å². The van der Waals surface area contributed by atoms with Gasteiger partial charge in [0.2, 0.25) is 11.8 Å². The van der Waals surface area contributed by atoms with Crippen molar-refractivity contribution in [1.82, 2.24) is 10.2 Å². The third-order valence-corrected chi connectivity index (χ3v) is 8.59. The molecule has 0 saturated carbocycles. The number of hydrogen-bond acceptors (Lipinski definition) is 6. The molecular weight excluding hydrogens is 566 g/mol. The third kappa shape index (κ3) is 7.71. The van der Waals surface area contributed by atoms with Gasteiger partial charge in [0.1, 0.15) is 12.6 Å². The first-order valence-corrected chi connectivity index (χ1v) is 15.0. The summed E-state index contributed by atoms with van der Waals surface area (Å²) in [6.07, 6.45) is 0.326. The van der Waals surface area contributed by atoms with Crippen LogP contribution < -0.4 is 19.1 Å². The second-order valence-corrected chi connectivity index (χ2v) is 11.6. The topological polar surface area (TPSA) is 105 Å². The lowest BCUT2D eigenvalue weighted by molar-refractivity contribution is -0.140. The lowest BCUT2D eigenvalue weighted by Gasteiger charge is -2.33. The minimum atomic E-state index is -4.21. The summed E-state index contributed by atoms with van der Waals surface area (Å²) in [6, 6.07) is 17.1. The summed E-state index contributed by atoms with van der Waals surface area (Å²) in [5.74, 6) is -0.171. The Kier molecular flexibility index (Phi) is 11.0. The molecular formula is C30H36ClN3O6S. The molecule has 0 spiro atoms. The fourth-order valence-electron chi connectivity index (χ4n) is 4.34. The number of ether oxygens (including phenoxy) is 2. The molecule has 3 aromatic carbocycles. The van der Waals surface area contributed by atoms with E-state index in [1.165, 1.54) is 37.3 Å². The normalized spacial score (nSPS) is 11.9. The Morgan fingerprint density at radius 2 is 1.56 bits per heavy atom. The molecule has 0 radical (unpaired) electrons. The molecule has 0 aliphatic rings. The monoisotopic (exact) mass is 601 g/mol. The second-order valence-electron chi connectivity index (χ2n) is 9.33. The number of rotatable bonds is 13. The summed E-state index contributed by atoms with van der Waals surface area (Å²) >= 11 is 6.06. The molecule has 41 heavy (non-hydrogen) atoms. The summed E-state index contributed by atoms with van der Waals surface area (Å²) < 4.78 is 39.8. The molecule has 3 aromatic rings. The van der Waals surface area contributed by atoms with E-state index in [4.69, 9.17) is 21.1 Å². The number of amides is 2. The van der Waals surface area contributed by atoms with Crippen LogP contribution in [0.4, 0.5) is 5.69 Å². The molecule has 3 rings (SSSR count). The highest BCUT2D eigenvalue weighted by Crippen LogP contribution is 2.34. The smallest absolute Gasteiger partial charge is 0.264 e. The van der Waals surface area contributed by atoms with Gasteiger partial charge in [0.15, 0.2) is 11.5 Å². The van der Waals surface area contributed by atoms with Crippen molar-refractivity contribution < 1.29 is 27.5 Å². The van der Waals surface area contributed by atoms with Crippen LogP contribution in [0.5, 0.6) is 11.5 Å². The zero-order valence-electron chi connectivity index (χ0n) is 23.9. The number of anilines is 1. The highest BCUT2D eigenvalue weighted by molar-refractivity contribution is 7.92. The van der Waals surface area contributed by atoms with Gasteiger partial charge in [0, 0.05) is 24.2 Å². The predicted octanol–water partition coefficient (Wildman–Crippen LogP) is 4.80. The van der Waals surface area contributed by atoms with Crippen molar-refractivity contribution in [2.24, 2.45) is 0 Å². The summed E-state index contributed by atoms with van der Waals surface area (Å²) in [7, 11) is -1.30. The summed E-state index contributed by atoms with van der Waals surface area (Å²) in [5, 5.41) is 3.32. The molecule has 0 saturated heterocycles. The van der Waals surface area contributed by atoms with E-state index in [-0.39, 0.29) is 23.0 Å². The first-order valence-electron chi connectivity index (χ1n) is 13.2. The van der Waals surface area contributed by atoms with Crippen molar-refractivity contribution in [3.63, 3.8) is 0 Å². The Hall–Kier alpha value is -3.76. The van der Waals surface area contributed by atoms with Crippen molar-refractivity contribution >= 4 is 39.1 Å². The van der Waals surface area contributed by atoms with E-state index in [0.717, 1.165) is 15.4 Å². The van der Waals surface area contributed by atoms with Gasteiger partial charge in [-0.05, 0) is 62.2 Å². The van der Waals surface area contributed by atoms with E-state index >= 15 is 0 Å². The van der Waals surface area contributed by atoms with E-state index in [0.29, 0.717) is 29.5 Å². The molecule has 0 bridgehead atoms. The molecule has 0 aliphatic carbocycles. The molecule has 0 heterocycles. The van der Waals surface area contributed by atoms with Crippen molar-refractivity contribution in [3.05, 3.63) is 82.9 Å². The quantitative estimate of drug-likeness (QED) is 0.302. The maximum atomic E-state index is 14.1. The van der Waals surface area contributed by atoms with Crippen LogP contribution in [-0.4, -0.2) is 58.5 Å². The van der Waals surface area contributed by atoms with Gasteiger partial charge in [-0.2, -0.15) is 0 Å². The fraction of sp³-hybridized carbons (Fsp3) is 0.333. The molecule has 0 aliphatic heterocycles. The molecule has 0 fully saturated rings. The minimum absolute atomic E-state index is 0.0192. The zero-order valence-corrected chi connectivity index (χ0v) is 25.5. The van der Waals surface area contributed by atoms with Gasteiger partial charge in [-0.1, -0.05) is 48.4 Å². The van der Waals surface area contributed by atoms with Gasteiger partial charge in [-0.3, -0.25) is 13.9 Å². The van der Waals surface area contributed by atoms with Crippen LogP contribution in [-0.2, 0) is 26.2 Å². The maximum Gasteiger partial charge on any atom is 0.264 e. The van der Waals surface area contributed by atoms with Crippen molar-refractivity contribution in [2.45, 2.75) is 44.7 Å². The van der Waals surface area contributed by atoms with Crippen molar-refractivity contribution in [1.29, 1.82) is 0 Å². The van der Waals surface area contributed by atoms with Gasteiger partial charge in [0.05, 0.1) is 24.8 Å². The van der Waals surface area contributed by atoms with Crippen LogP contribution >= 0.6 is 11.6 Å². The van der Waals surface area contributed by atoms with Crippen molar-refractivity contribution in [2.75, 3.05) is 31.6 Å².